The Kier molecular flexibility index (Phi) is 6.75. The Labute approximate surface area is 121 Å². The summed E-state index contributed by atoms with van der Waals surface area (Å²) in [4.78, 5) is 3.93. The lowest BCUT2D eigenvalue weighted by Crippen LogP contribution is -2.40. The van der Waals surface area contributed by atoms with E-state index in [0.29, 0.717) is 6.10 Å². The molecule has 19 heavy (non-hydrogen) atoms. The van der Waals surface area contributed by atoms with Crippen LogP contribution in [0.25, 0.3) is 0 Å². The molecule has 0 amide bonds. The minimum absolute atomic E-state index is 0.468. The average molecular weight is 279 g/mol. The van der Waals surface area contributed by atoms with Gasteiger partial charge in [0.1, 0.15) is 0 Å². The quantitative estimate of drug-likeness (QED) is 0.707. The maximum Gasteiger partial charge on any atom is 0.0702 e. The molecule has 1 aliphatic heterocycles. The Hall–Kier alpha value is -0.510. The highest BCUT2D eigenvalue weighted by atomic mass is 32.2. The molecule has 3 heteroatoms. The third-order valence-electron chi connectivity index (χ3n) is 3.44. The number of likely N-dealkylation sites (tertiary alicyclic amines) is 1. The maximum atomic E-state index is 5.88. The van der Waals surface area contributed by atoms with E-state index >= 15 is 0 Å². The fraction of sp³-hybridized carbons (Fsp3) is 0.625. The van der Waals surface area contributed by atoms with Crippen LogP contribution < -0.4 is 0 Å². The summed E-state index contributed by atoms with van der Waals surface area (Å²) in [5.41, 5.74) is 0. The molecule has 1 aromatic rings. The molecule has 0 spiro atoms. The maximum absolute atomic E-state index is 5.88. The van der Waals surface area contributed by atoms with Crippen LogP contribution in [0.15, 0.2) is 35.2 Å². The van der Waals surface area contributed by atoms with Gasteiger partial charge in [-0.15, -0.1) is 11.8 Å². The first-order chi connectivity index (χ1) is 9.38. The van der Waals surface area contributed by atoms with Crippen molar-refractivity contribution in [3.8, 4) is 0 Å². The molecular formula is C16H25NOS. The van der Waals surface area contributed by atoms with Crippen LogP contribution in [0.3, 0.4) is 0 Å². The Morgan fingerprint density at radius 3 is 2.95 bits per heavy atom. The summed E-state index contributed by atoms with van der Waals surface area (Å²) in [6, 6.07) is 10.7. The highest BCUT2D eigenvalue weighted by Gasteiger charge is 2.19. The topological polar surface area (TPSA) is 12.5 Å². The first kappa shape index (κ1) is 14.9. The summed E-state index contributed by atoms with van der Waals surface area (Å²) in [5.74, 6) is 1.17. The third kappa shape index (κ3) is 5.55. The second-order valence-electron chi connectivity index (χ2n) is 5.10. The molecular weight excluding hydrogens is 254 g/mol. The number of benzene rings is 1. The number of hydrogen-bond acceptors (Lipinski definition) is 3. The zero-order chi connectivity index (χ0) is 13.3. The zero-order valence-corrected chi connectivity index (χ0v) is 12.7. The van der Waals surface area contributed by atoms with E-state index in [9.17, 15) is 0 Å². The van der Waals surface area contributed by atoms with Gasteiger partial charge >= 0.3 is 0 Å². The van der Waals surface area contributed by atoms with Crippen molar-refractivity contribution in [1.82, 2.24) is 4.90 Å². The number of piperidine rings is 1. The predicted octanol–water partition coefficient (Wildman–Crippen LogP) is 3.67. The summed E-state index contributed by atoms with van der Waals surface area (Å²) in [7, 11) is 0. The van der Waals surface area contributed by atoms with E-state index < -0.39 is 0 Å². The van der Waals surface area contributed by atoms with E-state index in [-0.39, 0.29) is 0 Å². The van der Waals surface area contributed by atoms with Crippen LogP contribution in [0, 0.1) is 0 Å². The highest BCUT2D eigenvalue weighted by molar-refractivity contribution is 7.99. The van der Waals surface area contributed by atoms with Crippen LogP contribution in [-0.2, 0) is 4.74 Å². The standard InChI is InChI=1S/C16H25NOS/c1-2-12-18-15-7-6-10-17(14-15)11-13-19-16-8-4-3-5-9-16/h3-5,8-9,15H,2,6-7,10-14H2,1H3. The van der Waals surface area contributed by atoms with Crippen molar-refractivity contribution in [3.05, 3.63) is 30.3 Å². The molecule has 0 N–H and O–H groups in total. The van der Waals surface area contributed by atoms with E-state index in [1.54, 1.807) is 0 Å². The normalized spacial score (nSPS) is 20.6. The molecule has 0 saturated carbocycles. The van der Waals surface area contributed by atoms with Crippen molar-refractivity contribution in [2.45, 2.75) is 37.2 Å². The summed E-state index contributed by atoms with van der Waals surface area (Å²) in [5, 5.41) is 0. The van der Waals surface area contributed by atoms with Crippen molar-refractivity contribution >= 4 is 11.8 Å². The van der Waals surface area contributed by atoms with E-state index in [1.165, 1.54) is 36.6 Å². The number of hydrogen-bond donors (Lipinski definition) is 0. The Balaban J connectivity index is 1.65. The predicted molar refractivity (Wildman–Crippen MR) is 82.9 cm³/mol. The number of thioether (sulfide) groups is 1. The molecule has 0 radical (unpaired) electrons. The van der Waals surface area contributed by atoms with E-state index in [0.717, 1.165) is 19.6 Å². The average Bonchev–Trinajstić information content (AvgIpc) is 2.47. The molecule has 1 atom stereocenters. The second kappa shape index (κ2) is 8.62. The van der Waals surface area contributed by atoms with Gasteiger partial charge in [0, 0.05) is 30.3 Å². The van der Waals surface area contributed by atoms with Crippen LogP contribution in [0.4, 0.5) is 0 Å². The van der Waals surface area contributed by atoms with Gasteiger partial charge < -0.3 is 4.74 Å². The van der Waals surface area contributed by atoms with Gasteiger partial charge in [0.2, 0.25) is 0 Å². The van der Waals surface area contributed by atoms with E-state index in [2.05, 4.69) is 42.2 Å². The number of nitrogens with zero attached hydrogens (tertiary/aromatic N) is 1. The van der Waals surface area contributed by atoms with Crippen LogP contribution in [0.2, 0.25) is 0 Å². The number of rotatable bonds is 7. The molecule has 1 heterocycles. The van der Waals surface area contributed by atoms with Gasteiger partial charge in [0.15, 0.2) is 0 Å². The lowest BCUT2D eigenvalue weighted by molar-refractivity contribution is 0.00172. The van der Waals surface area contributed by atoms with E-state index in [1.807, 2.05) is 11.8 Å². The van der Waals surface area contributed by atoms with Gasteiger partial charge in [0.05, 0.1) is 6.10 Å². The van der Waals surface area contributed by atoms with Gasteiger partial charge in [-0.1, -0.05) is 25.1 Å². The number of ether oxygens (including phenoxy) is 1. The van der Waals surface area contributed by atoms with Crippen molar-refractivity contribution in [2.24, 2.45) is 0 Å². The molecule has 1 fully saturated rings. The minimum Gasteiger partial charge on any atom is -0.377 e. The molecule has 0 aliphatic carbocycles. The molecule has 1 aromatic carbocycles. The van der Waals surface area contributed by atoms with Gasteiger partial charge in [-0.25, -0.2) is 0 Å². The fourth-order valence-corrected chi connectivity index (χ4v) is 3.38. The van der Waals surface area contributed by atoms with Crippen LogP contribution in [-0.4, -0.2) is 43.0 Å². The molecule has 0 bridgehead atoms. The van der Waals surface area contributed by atoms with E-state index in [4.69, 9.17) is 4.74 Å². The minimum atomic E-state index is 0.468. The van der Waals surface area contributed by atoms with Crippen molar-refractivity contribution in [2.75, 3.05) is 32.0 Å². The van der Waals surface area contributed by atoms with Crippen LogP contribution in [0.1, 0.15) is 26.2 Å². The van der Waals surface area contributed by atoms with Crippen LogP contribution in [0.5, 0.6) is 0 Å². The first-order valence-corrected chi connectivity index (χ1v) is 8.39. The molecule has 2 rings (SSSR count). The van der Waals surface area contributed by atoms with Gasteiger partial charge in [0.25, 0.3) is 0 Å². The van der Waals surface area contributed by atoms with Crippen molar-refractivity contribution in [3.63, 3.8) is 0 Å². The lowest BCUT2D eigenvalue weighted by Gasteiger charge is -2.32. The second-order valence-corrected chi connectivity index (χ2v) is 6.27. The summed E-state index contributed by atoms with van der Waals surface area (Å²) in [6.45, 7) is 6.62. The monoisotopic (exact) mass is 279 g/mol. The third-order valence-corrected chi connectivity index (χ3v) is 4.43. The SMILES string of the molecule is CCCOC1CCCN(CCSc2ccccc2)C1. The van der Waals surface area contributed by atoms with Gasteiger partial charge in [-0.3, -0.25) is 4.90 Å². The summed E-state index contributed by atoms with van der Waals surface area (Å²) >= 11 is 1.95. The van der Waals surface area contributed by atoms with Gasteiger partial charge in [-0.2, -0.15) is 0 Å². The first-order valence-electron chi connectivity index (χ1n) is 7.40. The summed E-state index contributed by atoms with van der Waals surface area (Å²) < 4.78 is 5.88. The molecule has 0 aromatic heterocycles. The van der Waals surface area contributed by atoms with Crippen molar-refractivity contribution in [1.29, 1.82) is 0 Å². The Morgan fingerprint density at radius 2 is 2.16 bits per heavy atom. The fourth-order valence-electron chi connectivity index (χ4n) is 2.45. The molecule has 1 aliphatic rings. The summed E-state index contributed by atoms with van der Waals surface area (Å²) in [6.07, 6.45) is 4.11. The molecule has 106 valence electrons. The smallest absolute Gasteiger partial charge is 0.0702 e. The van der Waals surface area contributed by atoms with Gasteiger partial charge in [-0.05, 0) is 37.9 Å². The lowest BCUT2D eigenvalue weighted by atomic mass is 10.1. The highest BCUT2D eigenvalue weighted by Crippen LogP contribution is 2.19. The molecule has 2 nitrogen and oxygen atoms in total. The molecule has 1 unspecified atom stereocenters. The largest absolute Gasteiger partial charge is 0.377 e. The Morgan fingerprint density at radius 1 is 1.32 bits per heavy atom. The zero-order valence-electron chi connectivity index (χ0n) is 11.9. The molecule has 1 saturated heterocycles. The van der Waals surface area contributed by atoms with Crippen molar-refractivity contribution < 1.29 is 4.74 Å². The van der Waals surface area contributed by atoms with Crippen LogP contribution >= 0.6 is 11.8 Å². The Bertz CT molecular complexity index is 344.